The smallest absolute Gasteiger partial charge is 0.271 e. The average molecular weight is 220 g/mol. The lowest BCUT2D eigenvalue weighted by Crippen LogP contribution is -2.21. The van der Waals surface area contributed by atoms with Gasteiger partial charge in [0.15, 0.2) is 0 Å². The van der Waals surface area contributed by atoms with Crippen LogP contribution in [0.25, 0.3) is 0 Å². The highest BCUT2D eigenvalue weighted by Crippen LogP contribution is 1.95. The van der Waals surface area contributed by atoms with Crippen molar-refractivity contribution in [2.45, 2.75) is 13.8 Å². The van der Waals surface area contributed by atoms with Crippen LogP contribution in [0.4, 0.5) is 0 Å². The number of rotatable bonds is 3. The summed E-state index contributed by atoms with van der Waals surface area (Å²) in [7, 11) is 0. The maximum atomic E-state index is 11.5. The van der Waals surface area contributed by atoms with Gasteiger partial charge in [-0.05, 0) is 26.0 Å². The van der Waals surface area contributed by atoms with Crippen molar-refractivity contribution in [3.05, 3.63) is 30.1 Å². The Labute approximate surface area is 92.7 Å². The summed E-state index contributed by atoms with van der Waals surface area (Å²) in [5.41, 5.74) is 3.58. The molecule has 0 aromatic carbocycles. The van der Waals surface area contributed by atoms with Crippen molar-refractivity contribution in [2.24, 2.45) is 10.3 Å². The van der Waals surface area contributed by atoms with Gasteiger partial charge in [-0.15, -0.1) is 0 Å². The molecule has 6 heteroatoms. The van der Waals surface area contributed by atoms with Crippen LogP contribution in [-0.2, 0) is 0 Å². The van der Waals surface area contributed by atoms with Crippen LogP contribution in [0.5, 0.6) is 0 Å². The molecule has 0 radical (unpaired) electrons. The third-order valence-electron chi connectivity index (χ3n) is 1.94. The van der Waals surface area contributed by atoms with Crippen LogP contribution < -0.4 is 5.43 Å². The van der Waals surface area contributed by atoms with Gasteiger partial charge in [-0.3, -0.25) is 9.78 Å². The molecule has 0 aliphatic carbocycles. The highest BCUT2D eigenvalue weighted by molar-refractivity contribution is 6.40. The van der Waals surface area contributed by atoms with Crippen LogP contribution in [0.1, 0.15) is 24.2 Å². The molecule has 1 rings (SSSR count). The van der Waals surface area contributed by atoms with Crippen molar-refractivity contribution >= 4 is 17.3 Å². The second-order valence-electron chi connectivity index (χ2n) is 3.06. The van der Waals surface area contributed by atoms with E-state index < -0.39 is 0 Å². The zero-order valence-electron chi connectivity index (χ0n) is 9.01. The Morgan fingerprint density at radius 2 is 1.94 bits per heavy atom. The van der Waals surface area contributed by atoms with E-state index in [0.29, 0.717) is 17.0 Å². The van der Waals surface area contributed by atoms with Gasteiger partial charge >= 0.3 is 0 Å². The molecule has 0 unspecified atom stereocenters. The molecule has 0 aliphatic heterocycles. The fraction of sp³-hybridized carbons (Fsp3) is 0.200. The van der Waals surface area contributed by atoms with Crippen molar-refractivity contribution in [1.29, 1.82) is 0 Å². The third kappa shape index (κ3) is 3.16. The molecule has 2 N–H and O–H groups in total. The molecule has 6 nitrogen and oxygen atoms in total. The number of carbonyl (C=O) groups excluding carboxylic acids is 1. The number of hydrogen-bond acceptors (Lipinski definition) is 5. The number of nitrogens with one attached hydrogen (secondary N) is 1. The van der Waals surface area contributed by atoms with Crippen LogP contribution in [0.3, 0.4) is 0 Å². The van der Waals surface area contributed by atoms with E-state index in [9.17, 15) is 4.79 Å². The fourth-order valence-electron chi connectivity index (χ4n) is 0.856. The minimum absolute atomic E-state index is 0.340. The topological polar surface area (TPSA) is 86.9 Å². The van der Waals surface area contributed by atoms with E-state index in [2.05, 4.69) is 20.7 Å². The summed E-state index contributed by atoms with van der Waals surface area (Å²) in [4.78, 5) is 15.3. The molecule has 0 aliphatic rings. The van der Waals surface area contributed by atoms with E-state index in [0.717, 1.165) is 0 Å². The van der Waals surface area contributed by atoms with E-state index >= 15 is 0 Å². The zero-order chi connectivity index (χ0) is 12.0. The van der Waals surface area contributed by atoms with Crippen LogP contribution >= 0.6 is 0 Å². The number of hydrazone groups is 1. The third-order valence-corrected chi connectivity index (χ3v) is 1.94. The average Bonchev–Trinajstić information content (AvgIpc) is 2.35. The maximum Gasteiger partial charge on any atom is 0.271 e. The van der Waals surface area contributed by atoms with Crippen molar-refractivity contribution in [2.75, 3.05) is 0 Å². The fourth-order valence-corrected chi connectivity index (χ4v) is 0.856. The van der Waals surface area contributed by atoms with E-state index in [1.165, 1.54) is 12.4 Å². The number of oxime groups is 1. The standard InChI is InChI=1S/C10H12N4O2/c1-7(8(2)14-16)12-13-10(15)9-3-5-11-6-4-9/h3-6,16H,1-2H3,(H,13,15)/b12-7+,14-8-. The Hall–Kier alpha value is -2.24. The summed E-state index contributed by atoms with van der Waals surface area (Å²) >= 11 is 0. The highest BCUT2D eigenvalue weighted by atomic mass is 16.4. The van der Waals surface area contributed by atoms with Crippen LogP contribution in [0.2, 0.25) is 0 Å². The van der Waals surface area contributed by atoms with Gasteiger partial charge in [0, 0.05) is 18.0 Å². The van der Waals surface area contributed by atoms with E-state index in [-0.39, 0.29) is 5.91 Å². The van der Waals surface area contributed by atoms with Gasteiger partial charge in [-0.25, -0.2) is 5.43 Å². The minimum atomic E-state index is -0.340. The lowest BCUT2D eigenvalue weighted by molar-refractivity contribution is 0.0955. The summed E-state index contributed by atoms with van der Waals surface area (Å²) in [5, 5.41) is 15.2. The van der Waals surface area contributed by atoms with E-state index in [1.54, 1.807) is 26.0 Å². The molecule has 1 aromatic rings. The number of nitrogens with zero attached hydrogens (tertiary/aromatic N) is 3. The molecule has 0 saturated carbocycles. The number of aromatic nitrogens is 1. The molecule has 1 heterocycles. The Balaban J connectivity index is 2.67. The Bertz CT molecular complexity index is 426. The van der Waals surface area contributed by atoms with E-state index in [4.69, 9.17) is 5.21 Å². The Morgan fingerprint density at radius 1 is 1.31 bits per heavy atom. The number of amides is 1. The van der Waals surface area contributed by atoms with Crippen molar-refractivity contribution < 1.29 is 10.0 Å². The highest BCUT2D eigenvalue weighted by Gasteiger charge is 2.03. The molecular formula is C10H12N4O2. The molecule has 1 amide bonds. The maximum absolute atomic E-state index is 11.5. The normalized spacial score (nSPS) is 12.4. The predicted molar refractivity (Wildman–Crippen MR) is 59.7 cm³/mol. The second kappa shape index (κ2) is 5.59. The van der Waals surface area contributed by atoms with Gasteiger partial charge in [0.25, 0.3) is 5.91 Å². The lowest BCUT2D eigenvalue weighted by atomic mass is 10.2. The van der Waals surface area contributed by atoms with E-state index in [1.807, 2.05) is 0 Å². The monoisotopic (exact) mass is 220 g/mol. The Kier molecular flexibility index (Phi) is 4.14. The second-order valence-corrected chi connectivity index (χ2v) is 3.06. The van der Waals surface area contributed by atoms with Crippen LogP contribution in [0, 0.1) is 0 Å². The first-order chi connectivity index (χ1) is 7.65. The minimum Gasteiger partial charge on any atom is -0.411 e. The van der Waals surface area contributed by atoms with Crippen molar-refractivity contribution in [3.8, 4) is 0 Å². The Morgan fingerprint density at radius 3 is 2.50 bits per heavy atom. The van der Waals surface area contributed by atoms with Crippen molar-refractivity contribution in [3.63, 3.8) is 0 Å². The molecule has 84 valence electrons. The quantitative estimate of drug-likeness (QED) is 0.453. The summed E-state index contributed by atoms with van der Waals surface area (Å²) in [5.74, 6) is -0.340. The summed E-state index contributed by atoms with van der Waals surface area (Å²) in [6, 6.07) is 3.15. The molecule has 16 heavy (non-hydrogen) atoms. The number of hydrogen-bond donors (Lipinski definition) is 2. The number of pyridine rings is 1. The first kappa shape index (κ1) is 11.8. The molecular weight excluding hydrogens is 208 g/mol. The number of carbonyl (C=O) groups is 1. The zero-order valence-corrected chi connectivity index (χ0v) is 9.01. The van der Waals surface area contributed by atoms with Crippen LogP contribution in [-0.4, -0.2) is 27.5 Å². The largest absolute Gasteiger partial charge is 0.411 e. The SMILES string of the molecule is CC(=N/O)/C(C)=N/NC(=O)c1ccncc1. The van der Waals surface area contributed by atoms with Gasteiger partial charge in [0.05, 0.1) is 11.4 Å². The predicted octanol–water partition coefficient (Wildman–Crippen LogP) is 1.04. The molecule has 0 atom stereocenters. The summed E-state index contributed by atoms with van der Waals surface area (Å²) in [6.07, 6.45) is 3.04. The first-order valence-corrected chi connectivity index (χ1v) is 4.59. The van der Waals surface area contributed by atoms with Crippen molar-refractivity contribution in [1.82, 2.24) is 10.4 Å². The summed E-state index contributed by atoms with van der Waals surface area (Å²) in [6.45, 7) is 3.21. The van der Waals surface area contributed by atoms with Gasteiger partial charge in [0.1, 0.15) is 0 Å². The molecule has 0 fully saturated rings. The van der Waals surface area contributed by atoms with Gasteiger partial charge in [-0.2, -0.15) is 5.10 Å². The van der Waals surface area contributed by atoms with Gasteiger partial charge in [-0.1, -0.05) is 5.16 Å². The summed E-state index contributed by atoms with van der Waals surface area (Å²) < 4.78 is 0. The molecule has 0 saturated heterocycles. The van der Waals surface area contributed by atoms with Crippen LogP contribution in [0.15, 0.2) is 34.8 Å². The molecule has 0 spiro atoms. The molecule has 0 bridgehead atoms. The van der Waals surface area contributed by atoms with Gasteiger partial charge in [0.2, 0.25) is 0 Å². The molecule has 1 aromatic heterocycles. The lowest BCUT2D eigenvalue weighted by Gasteiger charge is -2.00. The first-order valence-electron chi connectivity index (χ1n) is 4.59. The van der Waals surface area contributed by atoms with Gasteiger partial charge < -0.3 is 5.21 Å².